The Kier molecular flexibility index (Phi) is 20.4. The fourth-order valence-corrected chi connectivity index (χ4v) is 5.43. The molecule has 0 saturated carbocycles. The molecule has 0 aliphatic rings. The second kappa shape index (κ2) is 25.3. The Morgan fingerprint density at radius 3 is 1.87 bits per heavy atom. The monoisotopic (exact) mass is 735 g/mol. The van der Waals surface area contributed by atoms with Gasteiger partial charge in [-0.15, -0.1) is 0 Å². The molecule has 1 amide bonds. The van der Waals surface area contributed by atoms with E-state index in [1.165, 1.54) is 0 Å². The summed E-state index contributed by atoms with van der Waals surface area (Å²) in [5.74, 6) is 0.456. The zero-order valence-electron chi connectivity index (χ0n) is 31.8. The summed E-state index contributed by atoms with van der Waals surface area (Å²) in [5, 5.41) is 10.4. The van der Waals surface area contributed by atoms with Gasteiger partial charge in [0.05, 0.1) is 12.1 Å². The number of hydrogen-bond acceptors (Lipinski definition) is 5. The van der Waals surface area contributed by atoms with E-state index in [-0.39, 0.29) is 11.7 Å². The summed E-state index contributed by atoms with van der Waals surface area (Å²) in [6.07, 6.45) is 30.6. The first-order valence-electron chi connectivity index (χ1n) is 18.9. The van der Waals surface area contributed by atoms with Crippen molar-refractivity contribution in [1.82, 2.24) is 10.6 Å². The van der Waals surface area contributed by atoms with Gasteiger partial charge in [-0.3, -0.25) is 9.59 Å². The van der Waals surface area contributed by atoms with E-state index in [2.05, 4.69) is 83.6 Å². The fourth-order valence-electron chi connectivity index (χ4n) is 5.31. The van der Waals surface area contributed by atoms with Crippen LogP contribution in [0.5, 0.6) is 5.75 Å². The van der Waals surface area contributed by atoms with Crippen LogP contribution in [0.25, 0.3) is 0 Å². The number of carbonyl (C=O) groups excluding carboxylic acids is 2. The van der Waals surface area contributed by atoms with Gasteiger partial charge in [0.2, 0.25) is 0 Å². The highest BCUT2D eigenvalue weighted by molar-refractivity contribution is 6.30. The van der Waals surface area contributed by atoms with Crippen molar-refractivity contribution in [3.05, 3.63) is 155 Å². The molecule has 0 aromatic heterocycles. The van der Waals surface area contributed by atoms with E-state index in [4.69, 9.17) is 16.3 Å². The predicted molar refractivity (Wildman–Crippen MR) is 224 cm³/mol. The van der Waals surface area contributed by atoms with Crippen molar-refractivity contribution in [2.45, 2.75) is 77.7 Å². The molecule has 0 aliphatic carbocycles. The van der Waals surface area contributed by atoms with Gasteiger partial charge >= 0.3 is 0 Å². The average molecular weight is 736 g/mol. The third-order valence-corrected chi connectivity index (χ3v) is 8.46. The van der Waals surface area contributed by atoms with E-state index in [0.29, 0.717) is 47.1 Å². The first-order valence-corrected chi connectivity index (χ1v) is 19.3. The lowest BCUT2D eigenvalue weighted by Crippen LogP contribution is -2.37. The number of rotatable bonds is 25. The molecule has 0 radical (unpaired) electrons. The number of ketones is 1. The number of unbranched alkanes of at least 4 members (excludes halogenated alkanes) is 2. The molecule has 0 spiro atoms. The van der Waals surface area contributed by atoms with Crippen molar-refractivity contribution in [3.8, 4) is 5.75 Å². The van der Waals surface area contributed by atoms with Gasteiger partial charge in [-0.05, 0) is 132 Å². The quantitative estimate of drug-likeness (QED) is 0.0459. The predicted octanol–water partition coefficient (Wildman–Crippen LogP) is 11.1. The number of benzene rings is 3. The van der Waals surface area contributed by atoms with Crippen molar-refractivity contribution in [2.75, 3.05) is 31.5 Å². The summed E-state index contributed by atoms with van der Waals surface area (Å²) in [6, 6.07) is 21.5. The smallest absolute Gasteiger partial charge is 0.253 e. The summed E-state index contributed by atoms with van der Waals surface area (Å²) < 4.78 is 6.25. The molecule has 53 heavy (non-hydrogen) atoms. The van der Waals surface area contributed by atoms with Crippen LogP contribution in [0.15, 0.2) is 134 Å². The molecule has 0 heterocycles. The van der Waals surface area contributed by atoms with Gasteiger partial charge in [0, 0.05) is 34.9 Å². The summed E-state index contributed by atoms with van der Waals surface area (Å²) in [7, 11) is 0. The summed E-state index contributed by atoms with van der Waals surface area (Å²) in [4.78, 5) is 25.8. The maximum atomic E-state index is 13.0. The third-order valence-electron chi connectivity index (χ3n) is 8.21. The number of para-hydroxylation sites is 1. The maximum absolute atomic E-state index is 13.0. The number of anilines is 1. The molecule has 0 fully saturated rings. The van der Waals surface area contributed by atoms with E-state index in [1.54, 1.807) is 48.5 Å². The van der Waals surface area contributed by atoms with Crippen LogP contribution < -0.4 is 20.7 Å². The molecular weight excluding hydrogens is 678 g/mol. The highest BCUT2D eigenvalue weighted by atomic mass is 35.5. The maximum Gasteiger partial charge on any atom is 0.253 e. The summed E-state index contributed by atoms with van der Waals surface area (Å²) in [5.41, 5.74) is 1.89. The van der Waals surface area contributed by atoms with Gasteiger partial charge in [0.1, 0.15) is 11.4 Å². The molecule has 0 unspecified atom stereocenters. The van der Waals surface area contributed by atoms with Crippen LogP contribution in [0.4, 0.5) is 5.69 Å². The summed E-state index contributed by atoms with van der Waals surface area (Å²) in [6.45, 7) is 8.76. The van der Waals surface area contributed by atoms with Gasteiger partial charge in [-0.1, -0.05) is 91.4 Å². The van der Waals surface area contributed by atoms with Crippen molar-refractivity contribution in [1.29, 1.82) is 0 Å². The first-order chi connectivity index (χ1) is 25.8. The Bertz CT molecular complexity index is 1650. The molecule has 0 bridgehead atoms. The Morgan fingerprint density at radius 2 is 1.25 bits per heavy atom. The lowest BCUT2D eigenvalue weighted by Gasteiger charge is -2.28. The number of ether oxygens (including phenoxy) is 1. The van der Waals surface area contributed by atoms with Crippen LogP contribution in [-0.4, -0.2) is 43.5 Å². The van der Waals surface area contributed by atoms with Crippen molar-refractivity contribution < 1.29 is 14.3 Å². The molecule has 0 saturated heterocycles. The van der Waals surface area contributed by atoms with Crippen LogP contribution in [-0.2, 0) is 0 Å². The number of nitrogens with one attached hydrogen (secondary N) is 3. The molecule has 6 nitrogen and oxygen atoms in total. The minimum atomic E-state index is -0.594. The van der Waals surface area contributed by atoms with Crippen molar-refractivity contribution in [3.63, 3.8) is 0 Å². The Balaban J connectivity index is 1.26. The van der Waals surface area contributed by atoms with E-state index in [1.807, 2.05) is 38.1 Å². The number of hydrogen-bond donors (Lipinski definition) is 3. The normalized spacial score (nSPS) is 12.2. The van der Waals surface area contributed by atoms with Gasteiger partial charge in [-0.2, -0.15) is 0 Å². The lowest BCUT2D eigenvalue weighted by molar-refractivity contribution is 0.0953. The standard InChI is InChI=1S/C46H58ClN3O3/c1-4-5-6-7-8-9-10-11-12-13-14-15-16-17-18-19-20-23-34-48-35-36-49-45(52)42-24-21-22-25-43(42)50-37-46(2,3)53-41-32-28-39(29-33-41)44(51)38-26-30-40(47)31-27-38/h5-6,8-9,11-12,14-15,17-18,21-22,24-33,48,50H,4,7,10,13,16,19-20,23,34-37H2,1-3H3,(H,49,52)/b6-5-,9-8-,12-11-,15-14-,18-17-. The Morgan fingerprint density at radius 1 is 0.679 bits per heavy atom. The van der Waals surface area contributed by atoms with Crippen LogP contribution in [0.1, 0.15) is 98.4 Å². The Hall–Kier alpha value is -4.65. The fraction of sp³-hybridized carbons (Fsp3) is 0.348. The van der Waals surface area contributed by atoms with Gasteiger partial charge < -0.3 is 20.7 Å². The zero-order chi connectivity index (χ0) is 38.0. The first kappa shape index (κ1) is 42.8. The van der Waals surface area contributed by atoms with Crippen LogP contribution in [0.3, 0.4) is 0 Å². The number of carbonyl (C=O) groups is 2. The molecule has 3 rings (SSSR count). The molecule has 0 aliphatic heterocycles. The molecular formula is C46H58ClN3O3. The molecule has 3 N–H and O–H groups in total. The van der Waals surface area contributed by atoms with E-state index >= 15 is 0 Å². The second-order valence-electron chi connectivity index (χ2n) is 13.3. The molecule has 0 atom stereocenters. The van der Waals surface area contributed by atoms with Crippen molar-refractivity contribution in [2.24, 2.45) is 0 Å². The van der Waals surface area contributed by atoms with Crippen LogP contribution in [0, 0.1) is 0 Å². The zero-order valence-corrected chi connectivity index (χ0v) is 32.5. The summed E-state index contributed by atoms with van der Waals surface area (Å²) >= 11 is 5.95. The minimum absolute atomic E-state index is 0.0761. The van der Waals surface area contributed by atoms with E-state index in [0.717, 1.165) is 63.6 Å². The largest absolute Gasteiger partial charge is 0.486 e. The topological polar surface area (TPSA) is 79.5 Å². The lowest BCUT2D eigenvalue weighted by atomic mass is 10.0. The molecule has 3 aromatic rings. The minimum Gasteiger partial charge on any atom is -0.486 e. The third kappa shape index (κ3) is 18.1. The van der Waals surface area contributed by atoms with Crippen molar-refractivity contribution >= 4 is 29.0 Å². The Labute approximate surface area is 323 Å². The molecule has 282 valence electrons. The second-order valence-corrected chi connectivity index (χ2v) is 13.8. The van der Waals surface area contributed by atoms with E-state index in [9.17, 15) is 9.59 Å². The van der Waals surface area contributed by atoms with Gasteiger partial charge in [-0.25, -0.2) is 0 Å². The number of amides is 1. The molecule has 3 aromatic carbocycles. The highest BCUT2D eigenvalue weighted by Crippen LogP contribution is 2.23. The van der Waals surface area contributed by atoms with E-state index < -0.39 is 5.60 Å². The average Bonchev–Trinajstić information content (AvgIpc) is 3.16. The number of halogens is 1. The number of allylic oxidation sites excluding steroid dienone is 10. The highest BCUT2D eigenvalue weighted by Gasteiger charge is 2.21. The van der Waals surface area contributed by atoms with Gasteiger partial charge in [0.25, 0.3) is 5.91 Å². The molecule has 7 heteroatoms. The van der Waals surface area contributed by atoms with Gasteiger partial charge in [0.15, 0.2) is 5.78 Å². The van der Waals surface area contributed by atoms with Crippen LogP contribution in [0.2, 0.25) is 5.02 Å². The van der Waals surface area contributed by atoms with Crippen LogP contribution >= 0.6 is 11.6 Å². The SMILES string of the molecule is CC/C=C\C/C=C\C/C=C\C/C=C\C/C=C\CCCCNCCNC(=O)c1ccccc1NCC(C)(C)Oc1ccc(C(=O)c2ccc(Cl)cc2)cc1.